The van der Waals surface area contributed by atoms with Crippen molar-refractivity contribution in [3.8, 4) is 0 Å². The third kappa shape index (κ3) is 3.95. The van der Waals surface area contributed by atoms with Crippen LogP contribution in [0.25, 0.3) is 0 Å². The van der Waals surface area contributed by atoms with Gasteiger partial charge in [0.25, 0.3) is 0 Å². The predicted molar refractivity (Wildman–Crippen MR) is 85.3 cm³/mol. The molecular formula is C17H26FN3. The molecule has 2 aliphatic rings. The Morgan fingerprint density at radius 1 is 1.05 bits per heavy atom. The molecule has 1 N–H and O–H groups in total. The van der Waals surface area contributed by atoms with Crippen LogP contribution >= 0.6 is 0 Å². The van der Waals surface area contributed by atoms with Crippen LogP contribution in [0.15, 0.2) is 24.3 Å². The fraction of sp³-hybridized carbons (Fsp3) is 0.647. The predicted octanol–water partition coefficient (Wildman–Crippen LogP) is 2.48. The lowest BCUT2D eigenvalue weighted by Gasteiger charge is -2.37. The maximum atomic E-state index is 13.8. The maximum Gasteiger partial charge on any atom is 0.146 e. The molecule has 3 rings (SSSR count). The normalized spacial score (nSPS) is 24.8. The fourth-order valence-corrected chi connectivity index (χ4v) is 3.45. The van der Waals surface area contributed by atoms with Crippen molar-refractivity contribution in [2.75, 3.05) is 44.2 Å². The summed E-state index contributed by atoms with van der Waals surface area (Å²) in [6.45, 7) is 6.23. The Bertz CT molecular complexity index is 435. The summed E-state index contributed by atoms with van der Waals surface area (Å²) in [5.41, 5.74) is 0.754. The van der Waals surface area contributed by atoms with E-state index in [1.807, 2.05) is 12.1 Å². The Balaban J connectivity index is 1.49. The Labute approximate surface area is 127 Å². The van der Waals surface area contributed by atoms with Crippen LogP contribution in [0.2, 0.25) is 0 Å². The van der Waals surface area contributed by atoms with E-state index in [0.717, 1.165) is 38.4 Å². The molecule has 0 saturated carbocycles. The van der Waals surface area contributed by atoms with E-state index in [0.29, 0.717) is 6.04 Å². The van der Waals surface area contributed by atoms with Gasteiger partial charge in [0.1, 0.15) is 5.82 Å². The van der Waals surface area contributed by atoms with Crippen LogP contribution in [-0.4, -0.2) is 50.2 Å². The second-order valence-electron chi connectivity index (χ2n) is 6.24. The average molecular weight is 291 g/mol. The lowest BCUT2D eigenvalue weighted by atomic mass is 10.1. The number of nitrogens with zero attached hydrogens (tertiary/aromatic N) is 2. The second kappa shape index (κ2) is 7.23. The van der Waals surface area contributed by atoms with Crippen molar-refractivity contribution in [1.82, 2.24) is 10.2 Å². The van der Waals surface area contributed by atoms with Crippen LogP contribution < -0.4 is 10.2 Å². The van der Waals surface area contributed by atoms with E-state index in [1.165, 1.54) is 32.2 Å². The number of rotatable bonds is 3. The Hall–Kier alpha value is -1.13. The third-order valence-electron chi connectivity index (χ3n) is 4.71. The van der Waals surface area contributed by atoms with E-state index < -0.39 is 0 Å². The first-order valence-corrected chi connectivity index (χ1v) is 8.28. The van der Waals surface area contributed by atoms with Gasteiger partial charge in [0.15, 0.2) is 0 Å². The summed E-state index contributed by atoms with van der Waals surface area (Å²) in [7, 11) is 0. The van der Waals surface area contributed by atoms with Gasteiger partial charge in [-0.1, -0.05) is 25.0 Å². The number of anilines is 1. The third-order valence-corrected chi connectivity index (χ3v) is 4.71. The molecule has 21 heavy (non-hydrogen) atoms. The van der Waals surface area contributed by atoms with Crippen LogP contribution in [0.5, 0.6) is 0 Å². The molecule has 3 nitrogen and oxygen atoms in total. The monoisotopic (exact) mass is 291 g/mol. The van der Waals surface area contributed by atoms with Gasteiger partial charge in [0.05, 0.1) is 5.69 Å². The number of piperazine rings is 1. The van der Waals surface area contributed by atoms with Crippen LogP contribution in [0.3, 0.4) is 0 Å². The van der Waals surface area contributed by atoms with Crippen LogP contribution in [0.4, 0.5) is 10.1 Å². The largest absolute Gasteiger partial charge is 0.367 e. The topological polar surface area (TPSA) is 18.5 Å². The maximum absolute atomic E-state index is 13.8. The molecule has 2 aliphatic heterocycles. The van der Waals surface area contributed by atoms with E-state index >= 15 is 0 Å². The van der Waals surface area contributed by atoms with Gasteiger partial charge in [-0.3, -0.25) is 4.90 Å². The minimum Gasteiger partial charge on any atom is -0.367 e. The highest BCUT2D eigenvalue weighted by Gasteiger charge is 2.22. The molecule has 1 unspecified atom stereocenters. The van der Waals surface area contributed by atoms with Gasteiger partial charge >= 0.3 is 0 Å². The Kier molecular flexibility index (Phi) is 5.09. The molecule has 1 aromatic rings. The molecule has 0 aliphatic carbocycles. The highest BCUT2D eigenvalue weighted by molar-refractivity contribution is 5.47. The number of benzene rings is 1. The van der Waals surface area contributed by atoms with Gasteiger partial charge in [-0.15, -0.1) is 0 Å². The lowest BCUT2D eigenvalue weighted by molar-refractivity contribution is 0.226. The number of hydrogen-bond acceptors (Lipinski definition) is 3. The molecule has 2 fully saturated rings. The molecule has 2 heterocycles. The van der Waals surface area contributed by atoms with E-state index in [2.05, 4.69) is 15.1 Å². The van der Waals surface area contributed by atoms with Crippen molar-refractivity contribution < 1.29 is 4.39 Å². The van der Waals surface area contributed by atoms with Gasteiger partial charge < -0.3 is 10.2 Å². The summed E-state index contributed by atoms with van der Waals surface area (Å²) in [6.07, 6.45) is 5.34. The van der Waals surface area contributed by atoms with E-state index in [9.17, 15) is 4.39 Å². The van der Waals surface area contributed by atoms with E-state index in [1.54, 1.807) is 12.1 Å². The van der Waals surface area contributed by atoms with E-state index in [4.69, 9.17) is 0 Å². The quantitative estimate of drug-likeness (QED) is 0.923. The van der Waals surface area contributed by atoms with Crippen molar-refractivity contribution in [2.24, 2.45) is 0 Å². The molecule has 4 heteroatoms. The second-order valence-corrected chi connectivity index (χ2v) is 6.24. The van der Waals surface area contributed by atoms with Crippen molar-refractivity contribution >= 4 is 5.69 Å². The van der Waals surface area contributed by atoms with Crippen LogP contribution in [-0.2, 0) is 0 Å². The number of nitrogens with one attached hydrogen (secondary N) is 1. The molecule has 0 bridgehead atoms. The number of halogens is 1. The summed E-state index contributed by atoms with van der Waals surface area (Å²) in [6, 6.07) is 7.76. The average Bonchev–Trinajstić information content (AvgIpc) is 2.77. The van der Waals surface area contributed by atoms with Crippen LogP contribution in [0.1, 0.15) is 25.7 Å². The summed E-state index contributed by atoms with van der Waals surface area (Å²) < 4.78 is 13.8. The van der Waals surface area contributed by atoms with Crippen molar-refractivity contribution in [3.05, 3.63) is 30.1 Å². The van der Waals surface area contributed by atoms with Crippen molar-refractivity contribution in [1.29, 1.82) is 0 Å². The number of hydrogen-bond donors (Lipinski definition) is 1. The molecule has 0 amide bonds. The van der Waals surface area contributed by atoms with Gasteiger partial charge in [0.2, 0.25) is 0 Å². The molecule has 1 aromatic carbocycles. The fourth-order valence-electron chi connectivity index (χ4n) is 3.45. The first-order chi connectivity index (χ1) is 10.3. The highest BCUT2D eigenvalue weighted by atomic mass is 19.1. The van der Waals surface area contributed by atoms with Crippen molar-refractivity contribution in [3.63, 3.8) is 0 Å². The van der Waals surface area contributed by atoms with Gasteiger partial charge in [-0.05, 0) is 31.5 Å². The van der Waals surface area contributed by atoms with Crippen molar-refractivity contribution in [2.45, 2.75) is 31.7 Å². The molecule has 1 atom stereocenters. The zero-order chi connectivity index (χ0) is 14.5. The van der Waals surface area contributed by atoms with E-state index in [-0.39, 0.29) is 5.82 Å². The summed E-state index contributed by atoms with van der Waals surface area (Å²) in [5, 5.41) is 3.67. The zero-order valence-corrected chi connectivity index (χ0v) is 12.7. The highest BCUT2D eigenvalue weighted by Crippen LogP contribution is 2.20. The molecular weight excluding hydrogens is 265 g/mol. The number of para-hydroxylation sites is 1. The van der Waals surface area contributed by atoms with Gasteiger partial charge in [-0.25, -0.2) is 4.39 Å². The smallest absolute Gasteiger partial charge is 0.146 e. The summed E-state index contributed by atoms with van der Waals surface area (Å²) in [5.74, 6) is -0.101. The molecule has 2 saturated heterocycles. The van der Waals surface area contributed by atoms with Gasteiger partial charge in [0, 0.05) is 38.8 Å². The minimum atomic E-state index is -0.101. The molecule has 0 radical (unpaired) electrons. The first kappa shape index (κ1) is 14.8. The molecule has 0 spiro atoms. The standard InChI is InChI=1S/C17H26FN3/c18-16-7-3-4-8-17(16)21-12-10-20(11-13-21)14-15-6-2-1-5-9-19-15/h3-4,7-8,15,19H,1-2,5-6,9-14H2. The Morgan fingerprint density at radius 2 is 1.86 bits per heavy atom. The summed E-state index contributed by atoms with van der Waals surface area (Å²) in [4.78, 5) is 4.70. The SMILES string of the molecule is Fc1ccccc1N1CCN(CC2CCCCCN2)CC1. The van der Waals surface area contributed by atoms with Crippen LogP contribution in [0, 0.1) is 5.82 Å². The lowest BCUT2D eigenvalue weighted by Crippen LogP contribution is -2.50. The minimum absolute atomic E-state index is 0.101. The molecule has 0 aromatic heterocycles. The summed E-state index contributed by atoms with van der Waals surface area (Å²) >= 11 is 0. The zero-order valence-electron chi connectivity index (χ0n) is 12.7. The first-order valence-electron chi connectivity index (χ1n) is 8.28. The molecule has 116 valence electrons. The Morgan fingerprint density at radius 3 is 2.67 bits per heavy atom. The van der Waals surface area contributed by atoms with Gasteiger partial charge in [-0.2, -0.15) is 0 Å².